The Balaban J connectivity index is 2.53. The van der Waals surface area contributed by atoms with Crippen LogP contribution in [0.5, 0.6) is 0 Å². The molecule has 2 rings (SSSR count). The molecule has 98 valence electrons. The molecule has 0 saturated carbocycles. The molecule has 19 heavy (non-hydrogen) atoms. The maximum atomic E-state index is 10.6. The van der Waals surface area contributed by atoms with Crippen molar-refractivity contribution in [2.75, 3.05) is 0 Å². The highest BCUT2D eigenvalue weighted by Gasteiger charge is 2.10. The molecule has 0 aliphatic carbocycles. The summed E-state index contributed by atoms with van der Waals surface area (Å²) in [4.78, 5) is 10.6. The molecule has 5 nitrogen and oxygen atoms in total. The first-order valence-electron chi connectivity index (χ1n) is 5.92. The first-order chi connectivity index (χ1) is 9.15. The van der Waals surface area contributed by atoms with Crippen molar-refractivity contribution in [2.24, 2.45) is 10.8 Å². The fraction of sp³-hybridized carbons (Fsp3) is 0.143. The van der Waals surface area contributed by atoms with Crippen LogP contribution in [-0.2, 0) is 6.54 Å². The minimum Gasteiger partial charge on any atom is -0.350 e. The van der Waals surface area contributed by atoms with E-state index in [0.717, 1.165) is 28.7 Å². The van der Waals surface area contributed by atoms with Crippen molar-refractivity contribution in [3.8, 4) is 0 Å². The number of hydrogen-bond donors (Lipinski definition) is 2. The first-order valence-corrected chi connectivity index (χ1v) is 5.92. The van der Waals surface area contributed by atoms with Gasteiger partial charge in [-0.2, -0.15) is 5.10 Å². The van der Waals surface area contributed by atoms with Crippen LogP contribution in [0.1, 0.15) is 11.3 Å². The average molecular weight is 256 g/mol. The quantitative estimate of drug-likeness (QED) is 0.491. The fourth-order valence-electron chi connectivity index (χ4n) is 2.15. The number of benzene rings is 1. The number of carbonyl (C=O) groups excluding carboxylic acids is 1. The third-order valence-electron chi connectivity index (χ3n) is 2.96. The Bertz CT molecular complexity index is 655. The van der Waals surface area contributed by atoms with Crippen molar-refractivity contribution >= 4 is 23.1 Å². The van der Waals surface area contributed by atoms with Crippen molar-refractivity contribution in [1.29, 1.82) is 0 Å². The summed E-state index contributed by atoms with van der Waals surface area (Å²) < 4.78 is 2.15. The summed E-state index contributed by atoms with van der Waals surface area (Å²) in [5, 5.41) is 4.92. The molecule has 0 unspecified atom stereocenters. The summed E-state index contributed by atoms with van der Waals surface area (Å²) in [7, 11) is 0. The maximum Gasteiger partial charge on any atom is 0.332 e. The lowest BCUT2D eigenvalue weighted by atomic mass is 10.1. The van der Waals surface area contributed by atoms with Gasteiger partial charge in [0.2, 0.25) is 0 Å². The number of urea groups is 1. The molecular weight excluding hydrogens is 240 g/mol. The number of aromatic nitrogens is 1. The number of primary amides is 1. The van der Waals surface area contributed by atoms with Gasteiger partial charge >= 0.3 is 6.03 Å². The Kier molecular flexibility index (Phi) is 3.66. The van der Waals surface area contributed by atoms with Crippen LogP contribution in [0, 0.1) is 6.92 Å². The molecule has 0 saturated heterocycles. The Labute approximate surface area is 111 Å². The van der Waals surface area contributed by atoms with E-state index >= 15 is 0 Å². The fourth-order valence-corrected chi connectivity index (χ4v) is 2.15. The zero-order valence-corrected chi connectivity index (χ0v) is 10.8. The normalized spacial score (nSPS) is 11.0. The van der Waals surface area contributed by atoms with E-state index in [1.807, 2.05) is 37.3 Å². The lowest BCUT2D eigenvalue weighted by molar-refractivity contribution is 0.249. The van der Waals surface area contributed by atoms with E-state index in [4.69, 9.17) is 5.73 Å². The second-order valence-electron chi connectivity index (χ2n) is 4.15. The number of nitrogens with two attached hydrogens (primary N) is 1. The predicted molar refractivity (Wildman–Crippen MR) is 77.2 cm³/mol. The number of amides is 2. The number of hydrazone groups is 1. The van der Waals surface area contributed by atoms with Gasteiger partial charge in [0, 0.05) is 28.7 Å². The average Bonchev–Trinajstić information content (AvgIpc) is 2.65. The predicted octanol–water partition coefficient (Wildman–Crippen LogP) is 2.14. The number of nitrogens with one attached hydrogen (secondary N) is 1. The molecule has 0 bridgehead atoms. The number of carbonyl (C=O) groups is 1. The SMILES string of the molecule is C=CCn1c(C)c(/C=N\NC(N)=O)c2ccccc21. The molecule has 2 aromatic rings. The molecule has 0 fully saturated rings. The van der Waals surface area contributed by atoms with Crippen LogP contribution in [-0.4, -0.2) is 16.8 Å². The summed E-state index contributed by atoms with van der Waals surface area (Å²) in [5.74, 6) is 0. The molecule has 1 aromatic carbocycles. The van der Waals surface area contributed by atoms with E-state index < -0.39 is 6.03 Å². The van der Waals surface area contributed by atoms with Gasteiger partial charge in [-0.3, -0.25) is 0 Å². The van der Waals surface area contributed by atoms with Crippen LogP contribution in [0.25, 0.3) is 10.9 Å². The Hall–Kier alpha value is -2.56. The maximum absolute atomic E-state index is 10.6. The van der Waals surface area contributed by atoms with Crippen molar-refractivity contribution in [1.82, 2.24) is 9.99 Å². The highest BCUT2D eigenvalue weighted by molar-refractivity contribution is 6.01. The molecule has 3 N–H and O–H groups in total. The molecule has 1 heterocycles. The number of para-hydroxylation sites is 1. The zero-order valence-electron chi connectivity index (χ0n) is 10.8. The number of nitrogens with zero attached hydrogens (tertiary/aromatic N) is 2. The van der Waals surface area contributed by atoms with Gasteiger partial charge in [-0.05, 0) is 13.0 Å². The van der Waals surface area contributed by atoms with Gasteiger partial charge in [0.25, 0.3) is 0 Å². The van der Waals surface area contributed by atoms with Gasteiger partial charge in [-0.15, -0.1) is 6.58 Å². The van der Waals surface area contributed by atoms with Crippen LogP contribution in [0.3, 0.4) is 0 Å². The molecule has 5 heteroatoms. The van der Waals surface area contributed by atoms with Gasteiger partial charge in [-0.25, -0.2) is 10.2 Å². The van der Waals surface area contributed by atoms with E-state index in [0.29, 0.717) is 0 Å². The zero-order chi connectivity index (χ0) is 13.8. The Morgan fingerprint density at radius 2 is 2.26 bits per heavy atom. The van der Waals surface area contributed by atoms with Crippen LogP contribution in [0.2, 0.25) is 0 Å². The summed E-state index contributed by atoms with van der Waals surface area (Å²) in [6.07, 6.45) is 3.46. The highest BCUT2D eigenvalue weighted by Crippen LogP contribution is 2.24. The van der Waals surface area contributed by atoms with E-state index in [-0.39, 0.29) is 0 Å². The van der Waals surface area contributed by atoms with Gasteiger partial charge < -0.3 is 10.3 Å². The van der Waals surface area contributed by atoms with Crippen LogP contribution < -0.4 is 11.2 Å². The summed E-state index contributed by atoms with van der Waals surface area (Å²) in [6, 6.07) is 7.35. The minimum absolute atomic E-state index is 0.677. The van der Waals surface area contributed by atoms with Crippen molar-refractivity contribution in [3.63, 3.8) is 0 Å². The van der Waals surface area contributed by atoms with Gasteiger partial charge in [-0.1, -0.05) is 24.3 Å². The highest BCUT2D eigenvalue weighted by atomic mass is 16.2. The molecule has 0 radical (unpaired) electrons. The second-order valence-corrected chi connectivity index (χ2v) is 4.15. The molecular formula is C14H16N4O. The summed E-state index contributed by atoms with van der Waals surface area (Å²) in [5.41, 5.74) is 10.3. The third kappa shape index (κ3) is 2.49. The molecule has 0 atom stereocenters. The van der Waals surface area contributed by atoms with Crippen LogP contribution in [0.4, 0.5) is 4.79 Å². The van der Waals surface area contributed by atoms with Gasteiger partial charge in [0.1, 0.15) is 0 Å². The molecule has 0 spiro atoms. The van der Waals surface area contributed by atoms with Crippen LogP contribution in [0.15, 0.2) is 42.0 Å². The Morgan fingerprint density at radius 1 is 1.53 bits per heavy atom. The standard InChI is InChI=1S/C14H16N4O/c1-3-8-18-10(2)12(9-16-17-14(15)19)11-6-4-5-7-13(11)18/h3-7,9H,1,8H2,2H3,(H3,15,17,19)/b16-9-. The topological polar surface area (TPSA) is 72.4 Å². The molecule has 1 aromatic heterocycles. The third-order valence-corrected chi connectivity index (χ3v) is 2.96. The first kappa shape index (κ1) is 12.9. The van der Waals surface area contributed by atoms with Crippen molar-refractivity contribution < 1.29 is 4.79 Å². The summed E-state index contributed by atoms with van der Waals surface area (Å²) in [6.45, 7) is 6.51. The lowest BCUT2D eigenvalue weighted by Crippen LogP contribution is -2.24. The number of hydrogen-bond acceptors (Lipinski definition) is 2. The lowest BCUT2D eigenvalue weighted by Gasteiger charge is -2.03. The smallest absolute Gasteiger partial charge is 0.332 e. The van der Waals surface area contributed by atoms with Crippen molar-refractivity contribution in [2.45, 2.75) is 13.5 Å². The van der Waals surface area contributed by atoms with E-state index in [1.54, 1.807) is 6.21 Å². The van der Waals surface area contributed by atoms with Gasteiger partial charge in [0.15, 0.2) is 0 Å². The Morgan fingerprint density at radius 3 is 2.95 bits per heavy atom. The van der Waals surface area contributed by atoms with Crippen molar-refractivity contribution in [3.05, 3.63) is 48.2 Å². The second kappa shape index (κ2) is 5.39. The molecule has 0 aliphatic rings. The summed E-state index contributed by atoms with van der Waals surface area (Å²) >= 11 is 0. The number of rotatable bonds is 4. The van der Waals surface area contributed by atoms with E-state index in [1.165, 1.54) is 0 Å². The number of fused-ring (bicyclic) bond motifs is 1. The van der Waals surface area contributed by atoms with Gasteiger partial charge in [0.05, 0.1) is 6.21 Å². The number of allylic oxidation sites excluding steroid dienone is 1. The van der Waals surface area contributed by atoms with E-state index in [2.05, 4.69) is 21.7 Å². The largest absolute Gasteiger partial charge is 0.350 e. The monoisotopic (exact) mass is 256 g/mol. The molecule has 2 amide bonds. The minimum atomic E-state index is -0.677. The van der Waals surface area contributed by atoms with Crippen LogP contribution >= 0.6 is 0 Å². The van der Waals surface area contributed by atoms with E-state index in [9.17, 15) is 4.79 Å². The molecule has 0 aliphatic heterocycles.